The van der Waals surface area contributed by atoms with E-state index >= 15 is 0 Å². The van der Waals surface area contributed by atoms with Crippen molar-refractivity contribution in [2.24, 2.45) is 10.9 Å². The predicted octanol–water partition coefficient (Wildman–Crippen LogP) is 2.08. The van der Waals surface area contributed by atoms with Crippen LogP contribution >= 0.6 is 24.0 Å². The summed E-state index contributed by atoms with van der Waals surface area (Å²) in [5.41, 5.74) is 0. The van der Waals surface area contributed by atoms with Gasteiger partial charge in [0.25, 0.3) is 0 Å². The molecule has 0 radical (unpaired) electrons. The number of nitrogens with one attached hydrogen (secondary N) is 2. The van der Waals surface area contributed by atoms with Gasteiger partial charge in [-0.2, -0.15) is 0 Å². The lowest BCUT2D eigenvalue weighted by molar-refractivity contribution is 0.185. The van der Waals surface area contributed by atoms with E-state index in [0.717, 1.165) is 25.0 Å². The molecule has 5 heteroatoms. The van der Waals surface area contributed by atoms with Gasteiger partial charge in [0, 0.05) is 20.1 Å². The Morgan fingerprint density at radius 3 is 2.58 bits per heavy atom. The van der Waals surface area contributed by atoms with Crippen LogP contribution in [0.1, 0.15) is 26.2 Å². The summed E-state index contributed by atoms with van der Waals surface area (Å²) in [6, 6.07) is 0. The van der Waals surface area contributed by atoms with Gasteiger partial charge >= 0.3 is 0 Å². The first-order valence-corrected chi connectivity index (χ1v) is 7.07. The standard InChI is InChI=1S/C14H28N4.HI/c1-4-8-16-14(15-3)17-12-13-6-10-18(9-5-2)11-7-13;/h4,13H,1,5-12H2,2-3H3,(H2,15,16,17);1H. The minimum absolute atomic E-state index is 0. The molecular weight excluding hydrogens is 351 g/mol. The van der Waals surface area contributed by atoms with Crippen LogP contribution in [0.4, 0.5) is 0 Å². The predicted molar refractivity (Wildman–Crippen MR) is 94.4 cm³/mol. The molecule has 0 aromatic heterocycles. The zero-order valence-corrected chi connectivity index (χ0v) is 14.7. The molecule has 19 heavy (non-hydrogen) atoms. The smallest absolute Gasteiger partial charge is 0.191 e. The highest BCUT2D eigenvalue weighted by molar-refractivity contribution is 14.0. The quantitative estimate of drug-likeness (QED) is 0.321. The van der Waals surface area contributed by atoms with Crippen molar-refractivity contribution in [2.45, 2.75) is 26.2 Å². The summed E-state index contributed by atoms with van der Waals surface area (Å²) in [4.78, 5) is 6.76. The average molecular weight is 380 g/mol. The van der Waals surface area contributed by atoms with Crippen molar-refractivity contribution in [3.63, 3.8) is 0 Å². The van der Waals surface area contributed by atoms with Crippen LogP contribution in [0.15, 0.2) is 17.6 Å². The maximum atomic E-state index is 4.19. The fourth-order valence-electron chi connectivity index (χ4n) is 2.36. The molecule has 0 atom stereocenters. The Kier molecular flexibility index (Phi) is 11.3. The van der Waals surface area contributed by atoms with Gasteiger partial charge in [0.1, 0.15) is 0 Å². The zero-order valence-electron chi connectivity index (χ0n) is 12.3. The van der Waals surface area contributed by atoms with Gasteiger partial charge in [-0.05, 0) is 44.8 Å². The topological polar surface area (TPSA) is 39.7 Å². The Morgan fingerprint density at radius 1 is 1.37 bits per heavy atom. The first-order valence-electron chi connectivity index (χ1n) is 7.07. The highest BCUT2D eigenvalue weighted by Gasteiger charge is 2.18. The molecule has 0 spiro atoms. The van der Waals surface area contributed by atoms with Gasteiger partial charge in [-0.3, -0.25) is 4.99 Å². The SMILES string of the molecule is C=CCNC(=NC)NCC1CCN(CCC)CC1.I. The Labute approximate surface area is 135 Å². The van der Waals surface area contributed by atoms with Gasteiger partial charge in [-0.25, -0.2) is 0 Å². The summed E-state index contributed by atoms with van der Waals surface area (Å²) in [7, 11) is 1.81. The van der Waals surface area contributed by atoms with Crippen molar-refractivity contribution < 1.29 is 0 Å². The fraction of sp³-hybridized carbons (Fsp3) is 0.786. The van der Waals surface area contributed by atoms with Crippen molar-refractivity contribution in [3.8, 4) is 0 Å². The number of guanidine groups is 1. The first-order chi connectivity index (χ1) is 8.80. The molecule has 0 aliphatic carbocycles. The third kappa shape index (κ3) is 7.77. The number of hydrogen-bond donors (Lipinski definition) is 2. The van der Waals surface area contributed by atoms with Gasteiger partial charge in [0.05, 0.1) is 0 Å². The molecule has 2 N–H and O–H groups in total. The van der Waals surface area contributed by atoms with E-state index in [2.05, 4.69) is 34.0 Å². The van der Waals surface area contributed by atoms with Gasteiger partial charge in [-0.15, -0.1) is 30.6 Å². The molecule has 1 aliphatic rings. The van der Waals surface area contributed by atoms with Crippen LogP contribution in [0.5, 0.6) is 0 Å². The minimum Gasteiger partial charge on any atom is -0.356 e. The molecular formula is C14H29IN4. The van der Waals surface area contributed by atoms with E-state index in [1.165, 1.54) is 38.9 Å². The lowest BCUT2D eigenvalue weighted by Gasteiger charge is -2.32. The molecule has 0 aromatic carbocycles. The molecule has 112 valence electrons. The van der Waals surface area contributed by atoms with Crippen molar-refractivity contribution in [2.75, 3.05) is 39.8 Å². The summed E-state index contributed by atoms with van der Waals surface area (Å²) < 4.78 is 0. The van der Waals surface area contributed by atoms with Crippen molar-refractivity contribution in [1.29, 1.82) is 0 Å². The van der Waals surface area contributed by atoms with E-state index < -0.39 is 0 Å². The first kappa shape index (κ1) is 18.7. The summed E-state index contributed by atoms with van der Waals surface area (Å²) in [6.07, 6.45) is 5.70. The molecule has 0 unspecified atom stereocenters. The molecule has 1 aliphatic heterocycles. The Morgan fingerprint density at radius 2 is 2.05 bits per heavy atom. The van der Waals surface area contributed by atoms with E-state index in [1.54, 1.807) is 0 Å². The van der Waals surface area contributed by atoms with E-state index in [-0.39, 0.29) is 24.0 Å². The van der Waals surface area contributed by atoms with Gasteiger partial charge in [-0.1, -0.05) is 13.0 Å². The minimum atomic E-state index is 0. The number of piperidine rings is 1. The number of aliphatic imine (C=N–C) groups is 1. The van der Waals surface area contributed by atoms with Crippen LogP contribution in [0.25, 0.3) is 0 Å². The Balaban J connectivity index is 0.00000324. The van der Waals surface area contributed by atoms with Crippen molar-refractivity contribution >= 4 is 29.9 Å². The molecule has 0 bridgehead atoms. The second kappa shape index (κ2) is 11.5. The lowest BCUT2D eigenvalue weighted by atomic mass is 9.97. The molecule has 1 heterocycles. The number of nitrogens with zero attached hydrogens (tertiary/aromatic N) is 2. The number of hydrogen-bond acceptors (Lipinski definition) is 2. The third-order valence-corrected chi connectivity index (χ3v) is 3.44. The van der Waals surface area contributed by atoms with Crippen LogP contribution in [-0.4, -0.2) is 50.6 Å². The van der Waals surface area contributed by atoms with Gasteiger partial charge in [0.15, 0.2) is 5.96 Å². The zero-order chi connectivity index (χ0) is 13.2. The lowest BCUT2D eigenvalue weighted by Crippen LogP contribution is -2.43. The second-order valence-corrected chi connectivity index (χ2v) is 4.91. The molecule has 1 rings (SSSR count). The van der Waals surface area contributed by atoms with Gasteiger partial charge < -0.3 is 15.5 Å². The van der Waals surface area contributed by atoms with Crippen LogP contribution in [0, 0.1) is 5.92 Å². The molecule has 4 nitrogen and oxygen atoms in total. The third-order valence-electron chi connectivity index (χ3n) is 3.44. The Hall–Kier alpha value is -0.300. The highest BCUT2D eigenvalue weighted by Crippen LogP contribution is 2.16. The van der Waals surface area contributed by atoms with Gasteiger partial charge in [0.2, 0.25) is 0 Å². The van der Waals surface area contributed by atoms with E-state index in [1.807, 2.05) is 13.1 Å². The molecule has 0 saturated carbocycles. The number of rotatable bonds is 6. The van der Waals surface area contributed by atoms with Crippen LogP contribution in [-0.2, 0) is 0 Å². The fourth-order valence-corrected chi connectivity index (χ4v) is 2.36. The highest BCUT2D eigenvalue weighted by atomic mass is 127. The number of halogens is 1. The average Bonchev–Trinajstić information content (AvgIpc) is 2.41. The van der Waals surface area contributed by atoms with Crippen molar-refractivity contribution in [1.82, 2.24) is 15.5 Å². The summed E-state index contributed by atoms with van der Waals surface area (Å²) in [5, 5.41) is 6.59. The normalized spacial score (nSPS) is 17.7. The van der Waals surface area contributed by atoms with Crippen LogP contribution < -0.4 is 10.6 Å². The molecule has 0 aromatic rings. The van der Waals surface area contributed by atoms with E-state index in [4.69, 9.17) is 0 Å². The molecule has 1 fully saturated rings. The summed E-state index contributed by atoms with van der Waals surface area (Å²) in [5.74, 6) is 1.66. The Bertz CT molecular complexity index is 260. The largest absolute Gasteiger partial charge is 0.356 e. The maximum Gasteiger partial charge on any atom is 0.191 e. The summed E-state index contributed by atoms with van der Waals surface area (Å²) in [6.45, 7) is 11.5. The van der Waals surface area contributed by atoms with E-state index in [0.29, 0.717) is 0 Å². The monoisotopic (exact) mass is 380 g/mol. The second-order valence-electron chi connectivity index (χ2n) is 4.91. The maximum absolute atomic E-state index is 4.19. The van der Waals surface area contributed by atoms with Crippen molar-refractivity contribution in [3.05, 3.63) is 12.7 Å². The van der Waals surface area contributed by atoms with Crippen LogP contribution in [0.2, 0.25) is 0 Å². The molecule has 0 amide bonds. The van der Waals surface area contributed by atoms with Crippen LogP contribution in [0.3, 0.4) is 0 Å². The number of likely N-dealkylation sites (tertiary alicyclic amines) is 1. The van der Waals surface area contributed by atoms with E-state index in [9.17, 15) is 0 Å². The molecule has 1 saturated heterocycles. The summed E-state index contributed by atoms with van der Waals surface area (Å²) >= 11 is 0.